The van der Waals surface area contributed by atoms with Gasteiger partial charge in [-0.2, -0.15) is 8.78 Å². The number of benzene rings is 2. The molecule has 0 radical (unpaired) electrons. The Hall–Kier alpha value is -3.14. The van der Waals surface area contributed by atoms with Crippen molar-refractivity contribution >= 4 is 64.2 Å². The van der Waals surface area contributed by atoms with Gasteiger partial charge in [-0.15, -0.1) is 0 Å². The van der Waals surface area contributed by atoms with Crippen LogP contribution in [0.4, 0.5) is 8.78 Å². The van der Waals surface area contributed by atoms with Crippen molar-refractivity contribution in [1.82, 2.24) is 15.5 Å². The molecule has 4 amide bonds. The zero-order valence-corrected chi connectivity index (χ0v) is 20.1. The Morgan fingerprint density at radius 3 is 2.46 bits per heavy atom. The summed E-state index contributed by atoms with van der Waals surface area (Å²) in [6.45, 7) is 0.137. The molecule has 13 heteroatoms. The Bertz CT molecular complexity index is 1270. The number of hydrogen-bond donors (Lipinski definition) is 2. The fraction of sp³-hybridized carbons (Fsp3) is 0.273. The number of nitrogens with zero attached hydrogens (tertiary/aromatic N) is 1. The quantitative estimate of drug-likeness (QED) is 0.395. The minimum atomic E-state index is -3.79. The Morgan fingerprint density at radius 1 is 1.11 bits per heavy atom. The number of halogens is 3. The molecule has 0 aliphatic carbocycles. The lowest BCUT2D eigenvalue weighted by Gasteiger charge is -2.30. The topological polar surface area (TPSA) is 95.6 Å². The largest absolute Gasteiger partial charge is 0.357 e. The summed E-state index contributed by atoms with van der Waals surface area (Å²) < 4.78 is 29.9. The van der Waals surface area contributed by atoms with Crippen LogP contribution in [0.5, 0.6) is 0 Å². The van der Waals surface area contributed by atoms with E-state index in [0.29, 0.717) is 27.2 Å². The molecule has 1 fully saturated rings. The van der Waals surface area contributed by atoms with E-state index in [2.05, 4.69) is 10.6 Å². The minimum Gasteiger partial charge on any atom is -0.357 e. The highest BCUT2D eigenvalue weighted by atomic mass is 35.5. The predicted octanol–water partition coefficient (Wildman–Crippen LogP) is -1.36. The van der Waals surface area contributed by atoms with Gasteiger partial charge in [0.25, 0.3) is 11.8 Å². The number of imide groups is 1. The first-order chi connectivity index (χ1) is 16.3. The molecule has 2 aliphatic rings. The Morgan fingerprint density at radius 2 is 1.80 bits per heavy atom. The smallest absolute Gasteiger partial charge is 0.349 e. The number of fused-ring (bicyclic) bond motifs is 1. The molecular weight excluding hydrogens is 476 g/mol. The van der Waals surface area contributed by atoms with Crippen LogP contribution >= 0.6 is 11.6 Å². The maximum Gasteiger partial charge on any atom is 0.349 e. The molecule has 2 aromatic carbocycles. The van der Waals surface area contributed by atoms with Crippen molar-refractivity contribution < 1.29 is 28.0 Å². The van der Waals surface area contributed by atoms with E-state index in [4.69, 9.17) is 11.6 Å². The molecule has 178 valence electrons. The molecule has 2 aliphatic heterocycles. The molecule has 0 bridgehead atoms. The Balaban J connectivity index is 1.54. The summed E-state index contributed by atoms with van der Waals surface area (Å²) in [6.07, 6.45) is 0.375. The van der Waals surface area contributed by atoms with Gasteiger partial charge in [-0.1, -0.05) is 41.3 Å². The zero-order chi connectivity index (χ0) is 25.7. The van der Waals surface area contributed by atoms with Gasteiger partial charge in [0, 0.05) is 34.5 Å². The second-order valence-corrected chi connectivity index (χ2v) is 9.80. The number of nitrogens with one attached hydrogen (secondary N) is 2. The van der Waals surface area contributed by atoms with Crippen LogP contribution < -0.4 is 16.1 Å². The first-order valence-electron chi connectivity index (χ1n) is 11.1. The van der Waals surface area contributed by atoms with Crippen molar-refractivity contribution in [2.75, 3.05) is 0 Å². The van der Waals surface area contributed by atoms with E-state index in [0.717, 1.165) is 6.07 Å². The van der Waals surface area contributed by atoms with Gasteiger partial charge in [0.05, 0.1) is 0 Å². The van der Waals surface area contributed by atoms with Gasteiger partial charge in [0.15, 0.2) is 0 Å². The van der Waals surface area contributed by atoms with Gasteiger partial charge in [0.1, 0.15) is 29.6 Å². The van der Waals surface area contributed by atoms with E-state index in [-0.39, 0.29) is 31.2 Å². The third-order valence-electron chi connectivity index (χ3n) is 6.48. The summed E-state index contributed by atoms with van der Waals surface area (Å²) in [5.74, 6) is -6.49. The first-order valence-corrected chi connectivity index (χ1v) is 11.4. The van der Waals surface area contributed by atoms with E-state index in [9.17, 15) is 28.0 Å². The molecule has 35 heavy (non-hydrogen) atoms. The zero-order valence-electron chi connectivity index (χ0n) is 19.4. The summed E-state index contributed by atoms with van der Waals surface area (Å²) in [6, 6.07) is 7.69. The normalized spacial score (nSPS) is 18.3. The minimum absolute atomic E-state index is 0.137. The van der Waals surface area contributed by atoms with Crippen LogP contribution in [-0.4, -0.2) is 58.1 Å². The lowest BCUT2D eigenvalue weighted by atomic mass is 9.57. The number of amides is 4. The van der Waals surface area contributed by atoms with Crippen molar-refractivity contribution in [3.05, 3.63) is 63.7 Å². The van der Waals surface area contributed by atoms with Crippen molar-refractivity contribution in [2.45, 2.75) is 36.7 Å². The summed E-state index contributed by atoms with van der Waals surface area (Å²) in [7, 11) is 4.75. The highest BCUT2D eigenvalue weighted by Crippen LogP contribution is 2.32. The number of carbonyl (C=O) groups is 4. The molecule has 7 nitrogen and oxygen atoms in total. The molecule has 0 aromatic heterocycles. The average molecular weight is 497 g/mol. The monoisotopic (exact) mass is 497 g/mol. The maximum absolute atomic E-state index is 14.9. The van der Waals surface area contributed by atoms with Gasteiger partial charge in [0.2, 0.25) is 11.8 Å². The third-order valence-corrected chi connectivity index (χ3v) is 6.90. The molecule has 2 N–H and O–H groups in total. The van der Waals surface area contributed by atoms with Gasteiger partial charge >= 0.3 is 5.92 Å². The van der Waals surface area contributed by atoms with Crippen molar-refractivity contribution in [1.29, 1.82) is 0 Å². The van der Waals surface area contributed by atoms with Gasteiger partial charge in [-0.3, -0.25) is 24.5 Å². The summed E-state index contributed by atoms with van der Waals surface area (Å²) in [5.41, 5.74) is 1.49. The van der Waals surface area contributed by atoms with E-state index < -0.39 is 34.7 Å². The number of hydrogen-bond acceptors (Lipinski definition) is 4. The maximum atomic E-state index is 14.9. The van der Waals surface area contributed by atoms with Crippen LogP contribution in [0.25, 0.3) is 0 Å². The summed E-state index contributed by atoms with van der Waals surface area (Å²) in [5, 5.41) is 3.79. The average Bonchev–Trinajstić information content (AvgIpc) is 3.11. The SMILES string of the molecule is Bc1cc(C(F)(F)C(=O)NC(B)(B)c2ccc3c(c2)CN(C2CCC(=O)NC2=O)C3=O)ccc1Cl. The molecule has 2 aromatic rings. The van der Waals surface area contributed by atoms with Crippen LogP contribution in [0.1, 0.15) is 39.9 Å². The number of rotatable bonds is 5. The molecule has 4 rings (SSSR count). The number of alkyl halides is 2. The molecule has 1 unspecified atom stereocenters. The summed E-state index contributed by atoms with van der Waals surface area (Å²) >= 11 is 5.92. The molecule has 1 saturated heterocycles. The standard InChI is InChI=1S/C22H21B3ClF2N3O4/c23-14-8-11(2-4-15(14)26)21(27,28)20(35)30-22(24,25)12-1-3-13-10(7-12)9-31(19(13)34)16-5-6-17(32)29-18(16)33/h1-4,7-8,16H,5-6,9,23-25H2,(H,30,35)(H,29,32,33). The van der Waals surface area contributed by atoms with E-state index in [1.54, 1.807) is 41.7 Å². The molecule has 1 atom stereocenters. The summed E-state index contributed by atoms with van der Waals surface area (Å²) in [4.78, 5) is 50.6. The van der Waals surface area contributed by atoms with Crippen molar-refractivity contribution in [2.24, 2.45) is 0 Å². The Kier molecular flexibility index (Phi) is 6.29. The van der Waals surface area contributed by atoms with Crippen molar-refractivity contribution in [3.63, 3.8) is 0 Å². The highest BCUT2D eigenvalue weighted by molar-refractivity contribution is 6.45. The lowest BCUT2D eigenvalue weighted by molar-refractivity contribution is -0.147. The molecule has 0 spiro atoms. The number of piperidine rings is 1. The van der Waals surface area contributed by atoms with Crippen molar-refractivity contribution in [3.8, 4) is 0 Å². The van der Waals surface area contributed by atoms with Crippen LogP contribution in [0.2, 0.25) is 5.02 Å². The second kappa shape index (κ2) is 8.82. The Labute approximate surface area is 208 Å². The second-order valence-electron chi connectivity index (χ2n) is 9.39. The number of carbonyl (C=O) groups excluding carboxylic acids is 4. The first kappa shape index (κ1) is 25.0. The van der Waals surface area contributed by atoms with E-state index in [1.807, 2.05) is 0 Å². The van der Waals surface area contributed by atoms with Crippen LogP contribution in [0.15, 0.2) is 36.4 Å². The highest BCUT2D eigenvalue weighted by Gasteiger charge is 2.44. The van der Waals surface area contributed by atoms with Gasteiger partial charge in [-0.25, -0.2) is 0 Å². The van der Waals surface area contributed by atoms with E-state index in [1.165, 1.54) is 17.0 Å². The predicted molar refractivity (Wildman–Crippen MR) is 133 cm³/mol. The fourth-order valence-corrected chi connectivity index (χ4v) is 4.49. The lowest BCUT2D eigenvalue weighted by Crippen LogP contribution is -2.52. The molecule has 2 heterocycles. The van der Waals surface area contributed by atoms with E-state index >= 15 is 0 Å². The van der Waals surface area contributed by atoms with Crippen LogP contribution in [0.3, 0.4) is 0 Å². The van der Waals surface area contributed by atoms with Gasteiger partial charge < -0.3 is 10.2 Å². The van der Waals surface area contributed by atoms with Crippen LogP contribution in [-0.2, 0) is 32.2 Å². The van der Waals surface area contributed by atoms with Crippen LogP contribution in [0, 0.1) is 0 Å². The fourth-order valence-electron chi connectivity index (χ4n) is 4.37. The third kappa shape index (κ3) is 4.59. The molecular formula is C22H21B3ClF2N3O4. The molecule has 0 saturated carbocycles. The van der Waals surface area contributed by atoms with Gasteiger partial charge in [-0.05, 0) is 29.7 Å².